The smallest absolute Gasteiger partial charge is 0.408 e. The van der Waals surface area contributed by atoms with Crippen LogP contribution in [-0.4, -0.2) is 16.8 Å². The van der Waals surface area contributed by atoms with E-state index in [4.69, 9.17) is 9.26 Å². The molecule has 1 amide bonds. The summed E-state index contributed by atoms with van der Waals surface area (Å²) in [7, 11) is -4.20. The van der Waals surface area contributed by atoms with Gasteiger partial charge in [0.1, 0.15) is 12.4 Å². The third-order valence-corrected chi connectivity index (χ3v) is 6.02. The van der Waals surface area contributed by atoms with E-state index in [1.54, 1.807) is 12.1 Å². The molecule has 0 aliphatic heterocycles. The van der Waals surface area contributed by atoms with Crippen molar-refractivity contribution < 1.29 is 23.5 Å². The molecule has 3 rings (SSSR count). The van der Waals surface area contributed by atoms with Crippen LogP contribution in [0.4, 0.5) is 4.79 Å². The third kappa shape index (κ3) is 6.85. The number of alkyl carbamates (subject to hydrolysis) is 1. The van der Waals surface area contributed by atoms with E-state index in [2.05, 4.69) is 5.32 Å². The van der Waals surface area contributed by atoms with Crippen LogP contribution in [0, 0.1) is 0 Å². The molecule has 3 aromatic rings. The standard InChI is InChI=1S/C23H24NO5P/c25-23(28-17-20-12-6-2-7-13-20)24-22(16-19-10-4-1-5-11-19)30(26,27)29-18-21-14-8-3-9-15-21/h1-15,22H,16-18H2,(H,24,25)(H,26,27)/t22-/m1/s1. The Kier molecular flexibility index (Phi) is 7.80. The highest BCUT2D eigenvalue weighted by Gasteiger charge is 2.34. The molecular formula is C23H24NO5P. The second kappa shape index (κ2) is 10.7. The molecule has 0 bridgehead atoms. The maximum Gasteiger partial charge on any atom is 0.408 e. The van der Waals surface area contributed by atoms with Crippen molar-refractivity contribution in [3.8, 4) is 0 Å². The summed E-state index contributed by atoms with van der Waals surface area (Å²) in [5.74, 6) is -1.15. The number of carbonyl (C=O) groups excluding carboxylic acids is 1. The average molecular weight is 425 g/mol. The predicted octanol–water partition coefficient (Wildman–Crippen LogP) is 4.88. The topological polar surface area (TPSA) is 84.9 Å². The molecule has 6 nitrogen and oxygen atoms in total. The number of carbonyl (C=O) groups is 1. The van der Waals surface area contributed by atoms with E-state index in [0.717, 1.165) is 16.7 Å². The van der Waals surface area contributed by atoms with Crippen molar-refractivity contribution in [2.75, 3.05) is 0 Å². The molecule has 0 aliphatic rings. The average Bonchev–Trinajstić information content (AvgIpc) is 2.78. The summed E-state index contributed by atoms with van der Waals surface area (Å²) in [4.78, 5) is 22.9. The summed E-state index contributed by atoms with van der Waals surface area (Å²) >= 11 is 0. The number of benzene rings is 3. The molecule has 3 aromatic carbocycles. The molecule has 7 heteroatoms. The van der Waals surface area contributed by atoms with E-state index in [1.807, 2.05) is 78.9 Å². The fourth-order valence-corrected chi connectivity index (χ4v) is 4.04. The first-order chi connectivity index (χ1) is 14.5. The van der Waals surface area contributed by atoms with E-state index in [1.165, 1.54) is 0 Å². The van der Waals surface area contributed by atoms with Crippen LogP contribution in [0.5, 0.6) is 0 Å². The van der Waals surface area contributed by atoms with Gasteiger partial charge in [-0.2, -0.15) is 0 Å². The summed E-state index contributed by atoms with van der Waals surface area (Å²) in [6, 6.07) is 27.4. The first-order valence-electron chi connectivity index (χ1n) is 9.55. The monoisotopic (exact) mass is 425 g/mol. The van der Waals surface area contributed by atoms with Crippen molar-refractivity contribution in [1.82, 2.24) is 5.32 Å². The van der Waals surface area contributed by atoms with E-state index in [9.17, 15) is 14.3 Å². The molecule has 0 aliphatic carbocycles. The Morgan fingerprint density at radius 2 is 1.27 bits per heavy atom. The SMILES string of the molecule is O=C(N[C@@H](Cc1ccccc1)P(=O)(O)OCc1ccccc1)OCc1ccccc1. The molecule has 0 heterocycles. The molecule has 0 saturated heterocycles. The number of amides is 1. The Morgan fingerprint density at radius 3 is 1.80 bits per heavy atom. The zero-order chi connectivity index (χ0) is 21.2. The van der Waals surface area contributed by atoms with Crippen LogP contribution in [0.1, 0.15) is 16.7 Å². The molecule has 0 aromatic heterocycles. The van der Waals surface area contributed by atoms with Gasteiger partial charge in [0, 0.05) is 6.42 Å². The summed E-state index contributed by atoms with van der Waals surface area (Å²) in [5, 5.41) is 2.51. The minimum absolute atomic E-state index is 0.0410. The van der Waals surface area contributed by atoms with Gasteiger partial charge in [-0.3, -0.25) is 4.57 Å². The highest BCUT2D eigenvalue weighted by molar-refractivity contribution is 7.53. The molecule has 0 fully saturated rings. The summed E-state index contributed by atoms with van der Waals surface area (Å²) in [6.07, 6.45) is -0.651. The van der Waals surface area contributed by atoms with Gasteiger partial charge in [0.15, 0.2) is 0 Å². The van der Waals surface area contributed by atoms with Crippen LogP contribution in [0.15, 0.2) is 91.0 Å². The van der Waals surface area contributed by atoms with Crippen molar-refractivity contribution >= 4 is 13.7 Å². The third-order valence-electron chi connectivity index (χ3n) is 4.42. The van der Waals surface area contributed by atoms with Gasteiger partial charge >= 0.3 is 13.7 Å². The van der Waals surface area contributed by atoms with Crippen LogP contribution in [-0.2, 0) is 33.5 Å². The van der Waals surface area contributed by atoms with E-state index >= 15 is 0 Å². The lowest BCUT2D eigenvalue weighted by molar-refractivity contribution is 0.135. The number of ether oxygens (including phenoxy) is 1. The maximum atomic E-state index is 13.0. The lowest BCUT2D eigenvalue weighted by atomic mass is 10.1. The van der Waals surface area contributed by atoms with Crippen LogP contribution in [0.3, 0.4) is 0 Å². The Balaban J connectivity index is 1.67. The van der Waals surface area contributed by atoms with Crippen LogP contribution < -0.4 is 5.32 Å². The van der Waals surface area contributed by atoms with Crippen LogP contribution >= 0.6 is 7.60 Å². The fraction of sp³-hybridized carbons (Fsp3) is 0.174. The van der Waals surface area contributed by atoms with Crippen molar-refractivity contribution in [3.63, 3.8) is 0 Å². The Morgan fingerprint density at radius 1 is 0.800 bits per heavy atom. The van der Waals surface area contributed by atoms with Gasteiger partial charge in [-0.1, -0.05) is 91.0 Å². The molecule has 2 atom stereocenters. The summed E-state index contributed by atoms with van der Waals surface area (Å²) < 4.78 is 23.5. The molecular weight excluding hydrogens is 401 g/mol. The molecule has 0 spiro atoms. The zero-order valence-corrected chi connectivity index (χ0v) is 17.3. The lowest BCUT2D eigenvalue weighted by Crippen LogP contribution is -2.37. The first-order valence-corrected chi connectivity index (χ1v) is 11.2. The minimum atomic E-state index is -4.20. The van der Waals surface area contributed by atoms with E-state index < -0.39 is 19.5 Å². The molecule has 1 unspecified atom stereocenters. The van der Waals surface area contributed by atoms with Crippen LogP contribution in [0.25, 0.3) is 0 Å². The largest absolute Gasteiger partial charge is 0.445 e. The zero-order valence-electron chi connectivity index (χ0n) is 16.4. The van der Waals surface area contributed by atoms with Gasteiger partial charge in [-0.05, 0) is 16.7 Å². The Labute approximate surface area is 176 Å². The highest BCUT2D eigenvalue weighted by Crippen LogP contribution is 2.48. The molecule has 156 valence electrons. The van der Waals surface area contributed by atoms with Crippen molar-refractivity contribution in [1.29, 1.82) is 0 Å². The Bertz CT molecular complexity index is 967. The van der Waals surface area contributed by atoms with E-state index in [-0.39, 0.29) is 19.6 Å². The normalized spacial score (nSPS) is 13.8. The Hall–Kier alpha value is -2.92. The molecule has 2 N–H and O–H groups in total. The number of nitrogens with one attached hydrogen (secondary N) is 1. The van der Waals surface area contributed by atoms with Gasteiger partial charge in [0.2, 0.25) is 0 Å². The predicted molar refractivity (Wildman–Crippen MR) is 115 cm³/mol. The van der Waals surface area contributed by atoms with Crippen molar-refractivity contribution in [2.45, 2.75) is 25.4 Å². The van der Waals surface area contributed by atoms with Gasteiger partial charge < -0.3 is 19.5 Å². The molecule has 0 saturated carbocycles. The van der Waals surface area contributed by atoms with Gasteiger partial charge in [-0.15, -0.1) is 0 Å². The lowest BCUT2D eigenvalue weighted by Gasteiger charge is -2.23. The summed E-state index contributed by atoms with van der Waals surface area (Å²) in [6.45, 7) is 0.0198. The molecule has 30 heavy (non-hydrogen) atoms. The fourth-order valence-electron chi connectivity index (χ4n) is 2.82. The highest BCUT2D eigenvalue weighted by atomic mass is 31.2. The van der Waals surface area contributed by atoms with Gasteiger partial charge in [-0.25, -0.2) is 4.79 Å². The summed E-state index contributed by atoms with van der Waals surface area (Å²) in [5.41, 5.74) is 2.38. The van der Waals surface area contributed by atoms with E-state index in [0.29, 0.717) is 0 Å². The van der Waals surface area contributed by atoms with Gasteiger partial charge in [0.05, 0.1) is 6.61 Å². The quantitative estimate of drug-likeness (QED) is 0.477. The minimum Gasteiger partial charge on any atom is -0.445 e. The maximum absolute atomic E-state index is 13.0. The first kappa shape index (κ1) is 21.8. The van der Waals surface area contributed by atoms with Crippen molar-refractivity contribution in [3.05, 3.63) is 108 Å². The second-order valence-corrected chi connectivity index (χ2v) is 8.74. The van der Waals surface area contributed by atoms with Crippen LogP contribution in [0.2, 0.25) is 0 Å². The van der Waals surface area contributed by atoms with Gasteiger partial charge in [0.25, 0.3) is 0 Å². The van der Waals surface area contributed by atoms with Crippen molar-refractivity contribution in [2.24, 2.45) is 0 Å². The second-order valence-electron chi connectivity index (χ2n) is 6.73. The number of rotatable bonds is 9. The molecule has 0 radical (unpaired) electrons. The number of hydrogen-bond donors (Lipinski definition) is 2. The number of hydrogen-bond acceptors (Lipinski definition) is 4.